The second-order valence-electron chi connectivity index (χ2n) is 3.96. The molecule has 0 saturated carbocycles. The summed E-state index contributed by atoms with van der Waals surface area (Å²) in [7, 11) is 0. The van der Waals surface area contributed by atoms with Crippen LogP contribution in [-0.2, 0) is 6.42 Å². The summed E-state index contributed by atoms with van der Waals surface area (Å²) in [5.74, 6) is 0. The molecule has 0 aliphatic rings. The Morgan fingerprint density at radius 2 is 1.50 bits per heavy atom. The molecule has 82 valence electrons. The zero-order valence-electron chi connectivity index (χ0n) is 9.14. The van der Waals surface area contributed by atoms with Crippen molar-refractivity contribution in [2.75, 3.05) is 5.73 Å². The summed E-state index contributed by atoms with van der Waals surface area (Å²) in [6, 6.07) is 18.1. The second-order valence-corrected chi connectivity index (χ2v) is 3.96. The highest BCUT2D eigenvalue weighted by Gasteiger charge is 2.06. The Morgan fingerprint density at radius 1 is 0.875 bits per heavy atom. The molecule has 0 saturated heterocycles. The van der Waals surface area contributed by atoms with Crippen LogP contribution in [0.5, 0.6) is 0 Å². The number of nitrogen functional groups attached to an aromatic ring is 1. The minimum atomic E-state index is 0.0306. The Hall–Kier alpha value is -1.80. The number of rotatable bonds is 3. The van der Waals surface area contributed by atoms with E-state index in [-0.39, 0.29) is 6.04 Å². The summed E-state index contributed by atoms with van der Waals surface area (Å²) >= 11 is 0. The van der Waals surface area contributed by atoms with Crippen LogP contribution in [0.25, 0.3) is 0 Å². The Bertz CT molecular complexity index is 434. The first-order chi connectivity index (χ1) is 7.75. The van der Waals surface area contributed by atoms with Gasteiger partial charge in [-0.1, -0.05) is 42.5 Å². The predicted molar refractivity (Wildman–Crippen MR) is 67.9 cm³/mol. The molecule has 0 amide bonds. The largest absolute Gasteiger partial charge is 0.399 e. The van der Waals surface area contributed by atoms with Crippen LogP contribution in [-0.4, -0.2) is 0 Å². The summed E-state index contributed by atoms with van der Waals surface area (Å²) < 4.78 is 0. The van der Waals surface area contributed by atoms with Crippen molar-refractivity contribution in [2.24, 2.45) is 5.73 Å². The maximum absolute atomic E-state index is 6.14. The molecule has 0 spiro atoms. The van der Waals surface area contributed by atoms with Gasteiger partial charge in [0.25, 0.3) is 0 Å². The Morgan fingerprint density at radius 3 is 2.12 bits per heavy atom. The average Bonchev–Trinajstić information content (AvgIpc) is 2.31. The lowest BCUT2D eigenvalue weighted by molar-refractivity contribution is 0.722. The van der Waals surface area contributed by atoms with E-state index < -0.39 is 0 Å². The van der Waals surface area contributed by atoms with Gasteiger partial charge in [0.2, 0.25) is 0 Å². The molecule has 0 bridgehead atoms. The van der Waals surface area contributed by atoms with Crippen LogP contribution in [0.15, 0.2) is 54.6 Å². The van der Waals surface area contributed by atoms with Crippen molar-refractivity contribution in [1.29, 1.82) is 0 Å². The minimum absolute atomic E-state index is 0.0306. The van der Waals surface area contributed by atoms with E-state index >= 15 is 0 Å². The van der Waals surface area contributed by atoms with Gasteiger partial charge < -0.3 is 11.5 Å². The first kappa shape index (κ1) is 10.7. The standard InChI is InChI=1S/C14H16N2/c15-13-8-6-12(7-9-13)14(16)10-11-4-2-1-3-5-11/h1-9,14H,10,15-16H2/t14-/m0/s1. The molecule has 0 aliphatic heterocycles. The fourth-order valence-electron chi connectivity index (χ4n) is 1.73. The quantitative estimate of drug-likeness (QED) is 0.768. The van der Waals surface area contributed by atoms with Crippen LogP contribution >= 0.6 is 0 Å². The molecule has 2 aromatic rings. The summed E-state index contributed by atoms with van der Waals surface area (Å²) in [4.78, 5) is 0. The van der Waals surface area contributed by atoms with Gasteiger partial charge in [0.1, 0.15) is 0 Å². The summed E-state index contributed by atoms with van der Waals surface area (Å²) in [5.41, 5.74) is 14.9. The normalized spacial score (nSPS) is 12.3. The average molecular weight is 212 g/mol. The zero-order valence-corrected chi connectivity index (χ0v) is 9.14. The van der Waals surface area contributed by atoms with E-state index in [0.29, 0.717) is 0 Å². The maximum atomic E-state index is 6.14. The molecule has 1 atom stereocenters. The van der Waals surface area contributed by atoms with Crippen molar-refractivity contribution in [2.45, 2.75) is 12.5 Å². The second kappa shape index (κ2) is 4.81. The van der Waals surface area contributed by atoms with Gasteiger partial charge in [-0.2, -0.15) is 0 Å². The van der Waals surface area contributed by atoms with Crippen molar-refractivity contribution < 1.29 is 0 Å². The molecule has 0 radical (unpaired) electrons. The minimum Gasteiger partial charge on any atom is -0.399 e. The van der Waals surface area contributed by atoms with Gasteiger partial charge in [-0.05, 0) is 29.7 Å². The molecule has 0 fully saturated rings. The first-order valence-corrected chi connectivity index (χ1v) is 5.40. The molecule has 0 heterocycles. The number of hydrogen-bond donors (Lipinski definition) is 2. The highest BCUT2D eigenvalue weighted by Crippen LogP contribution is 2.17. The van der Waals surface area contributed by atoms with Crippen molar-refractivity contribution in [3.8, 4) is 0 Å². The monoisotopic (exact) mass is 212 g/mol. The Balaban J connectivity index is 2.09. The van der Waals surface area contributed by atoms with E-state index in [9.17, 15) is 0 Å². The van der Waals surface area contributed by atoms with Gasteiger partial charge in [-0.25, -0.2) is 0 Å². The van der Waals surface area contributed by atoms with Crippen LogP contribution in [0.3, 0.4) is 0 Å². The topological polar surface area (TPSA) is 52.0 Å². The van der Waals surface area contributed by atoms with E-state index in [4.69, 9.17) is 11.5 Å². The van der Waals surface area contributed by atoms with E-state index in [2.05, 4.69) is 12.1 Å². The van der Waals surface area contributed by atoms with Crippen molar-refractivity contribution >= 4 is 5.69 Å². The smallest absolute Gasteiger partial charge is 0.0335 e. The highest BCUT2D eigenvalue weighted by molar-refractivity contribution is 5.40. The van der Waals surface area contributed by atoms with E-state index in [1.165, 1.54) is 5.56 Å². The molecule has 4 N–H and O–H groups in total. The maximum Gasteiger partial charge on any atom is 0.0335 e. The first-order valence-electron chi connectivity index (χ1n) is 5.40. The number of hydrogen-bond acceptors (Lipinski definition) is 2. The third kappa shape index (κ3) is 2.61. The Labute approximate surface area is 95.9 Å². The molecule has 2 heteroatoms. The number of anilines is 1. The van der Waals surface area contributed by atoms with Crippen molar-refractivity contribution in [1.82, 2.24) is 0 Å². The van der Waals surface area contributed by atoms with Crippen LogP contribution in [0.1, 0.15) is 17.2 Å². The van der Waals surface area contributed by atoms with Gasteiger partial charge in [-0.15, -0.1) is 0 Å². The molecule has 2 nitrogen and oxygen atoms in total. The van der Waals surface area contributed by atoms with Crippen LogP contribution in [0, 0.1) is 0 Å². The molecule has 0 aromatic heterocycles. The summed E-state index contributed by atoms with van der Waals surface area (Å²) in [6.45, 7) is 0. The lowest BCUT2D eigenvalue weighted by atomic mass is 10.00. The predicted octanol–water partition coefficient (Wildman–Crippen LogP) is 2.51. The third-order valence-corrected chi connectivity index (χ3v) is 2.66. The zero-order chi connectivity index (χ0) is 11.4. The Kier molecular flexibility index (Phi) is 3.22. The lowest BCUT2D eigenvalue weighted by Crippen LogP contribution is -2.13. The van der Waals surface area contributed by atoms with Crippen LogP contribution in [0.4, 0.5) is 5.69 Å². The van der Waals surface area contributed by atoms with Crippen molar-refractivity contribution in [3.05, 3.63) is 65.7 Å². The third-order valence-electron chi connectivity index (χ3n) is 2.66. The van der Waals surface area contributed by atoms with Gasteiger partial charge in [0.05, 0.1) is 0 Å². The molecular weight excluding hydrogens is 196 g/mol. The lowest BCUT2D eigenvalue weighted by Gasteiger charge is -2.12. The van der Waals surface area contributed by atoms with Crippen LogP contribution in [0.2, 0.25) is 0 Å². The van der Waals surface area contributed by atoms with Gasteiger partial charge in [-0.3, -0.25) is 0 Å². The molecular formula is C14H16N2. The fraction of sp³-hybridized carbons (Fsp3) is 0.143. The van der Waals surface area contributed by atoms with Crippen LogP contribution < -0.4 is 11.5 Å². The molecule has 2 aromatic carbocycles. The molecule has 0 unspecified atom stereocenters. The highest BCUT2D eigenvalue weighted by atomic mass is 14.6. The number of benzene rings is 2. The molecule has 16 heavy (non-hydrogen) atoms. The van der Waals surface area contributed by atoms with Crippen molar-refractivity contribution in [3.63, 3.8) is 0 Å². The van der Waals surface area contributed by atoms with E-state index in [1.54, 1.807) is 0 Å². The number of nitrogens with two attached hydrogens (primary N) is 2. The van der Waals surface area contributed by atoms with Gasteiger partial charge in [0, 0.05) is 11.7 Å². The van der Waals surface area contributed by atoms with Gasteiger partial charge >= 0.3 is 0 Å². The summed E-state index contributed by atoms with van der Waals surface area (Å²) in [5, 5.41) is 0. The summed E-state index contributed by atoms with van der Waals surface area (Å²) in [6.07, 6.45) is 0.852. The van der Waals surface area contributed by atoms with E-state index in [0.717, 1.165) is 17.7 Å². The van der Waals surface area contributed by atoms with E-state index in [1.807, 2.05) is 42.5 Å². The molecule has 2 rings (SSSR count). The fourth-order valence-corrected chi connectivity index (χ4v) is 1.73. The SMILES string of the molecule is Nc1ccc([C@@H](N)Cc2ccccc2)cc1. The molecule has 0 aliphatic carbocycles. The van der Waals surface area contributed by atoms with Gasteiger partial charge in [0.15, 0.2) is 0 Å².